The first-order valence-corrected chi connectivity index (χ1v) is 7.21. The first kappa shape index (κ1) is 12.4. The number of fused-ring (bicyclic) bond motifs is 3. The zero-order valence-corrected chi connectivity index (χ0v) is 11.3. The van der Waals surface area contributed by atoms with E-state index in [0.717, 1.165) is 30.5 Å². The molecule has 0 radical (unpaired) electrons. The summed E-state index contributed by atoms with van der Waals surface area (Å²) in [6.45, 7) is 3.93. The molecular weight excluding hydrogens is 251 g/mol. The van der Waals surface area contributed by atoms with Gasteiger partial charge in [-0.3, -0.25) is 4.48 Å². The smallest absolute Gasteiger partial charge is 0.178 e. The third-order valence-corrected chi connectivity index (χ3v) is 5.22. The fraction of sp³-hybridized carbons (Fsp3) is 0.571. The summed E-state index contributed by atoms with van der Waals surface area (Å²) in [4.78, 5) is 0. The number of hydrogen-bond acceptors (Lipinski definition) is 0. The standard InChI is InChI=1S/C14H20ClFN2/c15-12-17-6-8-18(16,9-7-17)14(11-17)10-13-4-2-1-3-5-13/h1-5,14H,6-12H2/q+2. The molecule has 3 fully saturated rings. The zero-order valence-electron chi connectivity index (χ0n) is 10.6. The molecule has 1 aromatic carbocycles. The van der Waals surface area contributed by atoms with Crippen molar-refractivity contribution in [2.75, 3.05) is 38.7 Å². The predicted octanol–water partition coefficient (Wildman–Crippen LogP) is 2.34. The van der Waals surface area contributed by atoms with E-state index in [-0.39, 0.29) is 10.7 Å². The van der Waals surface area contributed by atoms with Crippen LogP contribution in [-0.4, -0.2) is 54.0 Å². The molecule has 1 aromatic rings. The molecule has 0 aromatic heterocycles. The molecule has 1 unspecified atom stereocenters. The molecule has 18 heavy (non-hydrogen) atoms. The summed E-state index contributed by atoms with van der Waals surface area (Å²) in [6.07, 6.45) is 0.828. The van der Waals surface area contributed by atoms with Gasteiger partial charge in [0.2, 0.25) is 0 Å². The summed E-state index contributed by atoms with van der Waals surface area (Å²) in [5, 5.41) is 0. The van der Waals surface area contributed by atoms with Gasteiger partial charge in [0.25, 0.3) is 0 Å². The second kappa shape index (κ2) is 4.48. The zero-order chi connectivity index (χ0) is 12.6. The number of nitrogens with zero attached hydrogens (tertiary/aromatic N) is 2. The van der Waals surface area contributed by atoms with E-state index in [1.54, 1.807) is 0 Å². The van der Waals surface area contributed by atoms with Crippen LogP contribution in [0.4, 0.5) is 4.48 Å². The van der Waals surface area contributed by atoms with E-state index >= 15 is 0 Å². The lowest BCUT2D eigenvalue weighted by Gasteiger charge is -2.52. The highest BCUT2D eigenvalue weighted by atomic mass is 35.5. The van der Waals surface area contributed by atoms with Gasteiger partial charge in [-0.05, 0) is 10.0 Å². The maximum atomic E-state index is 14.9. The van der Waals surface area contributed by atoms with E-state index in [1.807, 2.05) is 18.2 Å². The first-order chi connectivity index (χ1) is 8.66. The molecule has 3 saturated heterocycles. The molecule has 2 nitrogen and oxygen atoms in total. The Morgan fingerprint density at radius 2 is 1.78 bits per heavy atom. The Balaban J connectivity index is 1.80. The van der Waals surface area contributed by atoms with Crippen molar-refractivity contribution in [3.05, 3.63) is 35.9 Å². The number of alkyl halides is 1. The highest BCUT2D eigenvalue weighted by Crippen LogP contribution is 2.34. The molecule has 0 spiro atoms. The molecule has 0 aliphatic carbocycles. The third kappa shape index (κ3) is 2.04. The Morgan fingerprint density at radius 3 is 2.39 bits per heavy atom. The average Bonchev–Trinajstić information content (AvgIpc) is 2.42. The molecule has 0 saturated carbocycles. The van der Waals surface area contributed by atoms with Crippen LogP contribution in [0.5, 0.6) is 0 Å². The second-order valence-corrected chi connectivity index (χ2v) is 6.05. The largest absolute Gasteiger partial charge is 0.296 e. The lowest BCUT2D eigenvalue weighted by molar-refractivity contribution is -1.16. The minimum absolute atomic E-state index is 0.0775. The Labute approximate surface area is 113 Å². The van der Waals surface area contributed by atoms with E-state index in [0.29, 0.717) is 19.1 Å². The van der Waals surface area contributed by atoms with E-state index in [1.165, 1.54) is 5.56 Å². The van der Waals surface area contributed by atoms with Crippen LogP contribution >= 0.6 is 11.6 Å². The first-order valence-electron chi connectivity index (χ1n) is 6.67. The maximum absolute atomic E-state index is 14.9. The van der Waals surface area contributed by atoms with Gasteiger partial charge in [-0.15, -0.1) is 4.71 Å². The summed E-state index contributed by atoms with van der Waals surface area (Å²) in [7, 11) is 0. The van der Waals surface area contributed by atoms with Gasteiger partial charge in [-0.2, -0.15) is 0 Å². The van der Waals surface area contributed by atoms with Gasteiger partial charge in [0.15, 0.2) is 25.1 Å². The van der Waals surface area contributed by atoms with Gasteiger partial charge >= 0.3 is 0 Å². The number of quaternary nitrogens is 2. The predicted molar refractivity (Wildman–Crippen MR) is 70.6 cm³/mol. The van der Waals surface area contributed by atoms with Crippen molar-refractivity contribution in [2.24, 2.45) is 0 Å². The van der Waals surface area contributed by atoms with Crippen LogP contribution in [-0.2, 0) is 6.42 Å². The van der Waals surface area contributed by atoms with Gasteiger partial charge in [0.05, 0.1) is 0 Å². The summed E-state index contributed by atoms with van der Waals surface area (Å²) in [5.41, 5.74) is 1.24. The quantitative estimate of drug-likeness (QED) is 0.342. The lowest BCUT2D eigenvalue weighted by Crippen LogP contribution is -2.76. The Morgan fingerprint density at radius 1 is 1.11 bits per heavy atom. The molecule has 3 aliphatic rings. The molecule has 98 valence electrons. The Bertz CT molecular complexity index is 415. The van der Waals surface area contributed by atoms with Crippen molar-refractivity contribution >= 4 is 11.6 Å². The van der Waals surface area contributed by atoms with E-state index in [2.05, 4.69) is 12.1 Å². The number of piperazine rings is 3. The van der Waals surface area contributed by atoms with Crippen molar-refractivity contribution < 1.29 is 13.7 Å². The molecule has 3 heterocycles. The summed E-state index contributed by atoms with van der Waals surface area (Å²) in [6, 6.07) is 11.0. The van der Waals surface area contributed by atoms with Crippen LogP contribution in [0, 0.1) is 0 Å². The van der Waals surface area contributed by atoms with Gasteiger partial charge in [-0.25, -0.2) is 0 Å². The van der Waals surface area contributed by atoms with Gasteiger partial charge in [-0.1, -0.05) is 41.9 Å². The average molecular weight is 271 g/mol. The van der Waals surface area contributed by atoms with Crippen molar-refractivity contribution in [1.82, 2.24) is 0 Å². The molecular formula is C14H20ClFN2+2. The molecule has 0 amide bonds. The van der Waals surface area contributed by atoms with Gasteiger partial charge in [0.1, 0.15) is 19.6 Å². The molecule has 4 rings (SSSR count). The van der Waals surface area contributed by atoms with Crippen LogP contribution in [0.2, 0.25) is 0 Å². The van der Waals surface area contributed by atoms with Gasteiger partial charge in [0, 0.05) is 6.42 Å². The number of hydrogen-bond donors (Lipinski definition) is 0. The van der Waals surface area contributed by atoms with E-state index in [4.69, 9.17) is 11.6 Å². The SMILES string of the molecule is F[N+]12CC[N+](CCl)(CC1)CC2Cc1ccccc1. The molecule has 0 N–H and O–H groups in total. The van der Waals surface area contributed by atoms with Gasteiger partial charge < -0.3 is 0 Å². The molecule has 2 bridgehead atoms. The van der Waals surface area contributed by atoms with Crippen molar-refractivity contribution in [2.45, 2.75) is 12.5 Å². The van der Waals surface area contributed by atoms with Crippen LogP contribution in [0.25, 0.3) is 0 Å². The molecule has 4 heteroatoms. The maximum Gasteiger partial charge on any atom is 0.178 e. The van der Waals surface area contributed by atoms with Crippen LogP contribution in [0.1, 0.15) is 5.56 Å². The number of halogens is 2. The minimum Gasteiger partial charge on any atom is -0.296 e. The summed E-state index contributed by atoms with van der Waals surface area (Å²) >= 11 is 6.12. The van der Waals surface area contributed by atoms with E-state index in [9.17, 15) is 4.48 Å². The topological polar surface area (TPSA) is 0 Å². The number of benzene rings is 1. The van der Waals surface area contributed by atoms with Crippen LogP contribution < -0.4 is 0 Å². The second-order valence-electron chi connectivity index (χ2n) is 5.81. The van der Waals surface area contributed by atoms with Crippen molar-refractivity contribution in [3.63, 3.8) is 0 Å². The highest BCUT2D eigenvalue weighted by Gasteiger charge is 2.56. The van der Waals surface area contributed by atoms with Crippen LogP contribution in [0.3, 0.4) is 0 Å². The monoisotopic (exact) mass is 270 g/mol. The van der Waals surface area contributed by atoms with Crippen molar-refractivity contribution in [3.8, 4) is 0 Å². The lowest BCUT2D eigenvalue weighted by atomic mass is 9.97. The fourth-order valence-electron chi connectivity index (χ4n) is 3.40. The summed E-state index contributed by atoms with van der Waals surface area (Å²) < 4.78 is 15.5. The van der Waals surface area contributed by atoms with Crippen LogP contribution in [0.15, 0.2) is 30.3 Å². The summed E-state index contributed by atoms with van der Waals surface area (Å²) in [5.74, 6) is 0. The third-order valence-electron chi connectivity index (χ3n) is 4.71. The normalized spacial score (nSPS) is 38.9. The highest BCUT2D eigenvalue weighted by molar-refractivity contribution is 6.17. The molecule has 1 atom stereocenters. The Hall–Kier alpha value is -0.640. The Kier molecular flexibility index (Phi) is 3.08. The fourth-order valence-corrected chi connectivity index (χ4v) is 3.74. The minimum atomic E-state index is -0.244. The molecule has 3 aliphatic heterocycles. The number of rotatable bonds is 3. The van der Waals surface area contributed by atoms with Crippen molar-refractivity contribution in [1.29, 1.82) is 0 Å². The van der Waals surface area contributed by atoms with E-state index < -0.39 is 0 Å².